The molecule has 3 N–H and O–H groups in total. The average Bonchev–Trinajstić information content (AvgIpc) is 2.99. The zero-order chi connectivity index (χ0) is 17.0. The predicted molar refractivity (Wildman–Crippen MR) is 92.9 cm³/mol. The van der Waals surface area contributed by atoms with Crippen LogP contribution in [0, 0.1) is 0 Å². The predicted octanol–water partition coefficient (Wildman–Crippen LogP) is 2.09. The number of carbonyl (C=O) groups is 2. The lowest BCUT2D eigenvalue weighted by atomic mass is 9.82. The van der Waals surface area contributed by atoms with Crippen LogP contribution in [0.4, 0.5) is 0 Å². The summed E-state index contributed by atoms with van der Waals surface area (Å²) in [6, 6.07) is 7.99. The van der Waals surface area contributed by atoms with Crippen LogP contribution in [0.15, 0.2) is 24.3 Å². The van der Waals surface area contributed by atoms with Crippen molar-refractivity contribution in [3.8, 4) is 0 Å². The first kappa shape index (κ1) is 17.0. The second-order valence-corrected chi connectivity index (χ2v) is 7.09. The number of nitrogens with two attached hydrogens (primary N) is 1. The monoisotopic (exact) mass is 329 g/mol. The van der Waals surface area contributed by atoms with Crippen molar-refractivity contribution in [1.29, 1.82) is 0 Å². The third-order valence-corrected chi connectivity index (χ3v) is 5.29. The van der Waals surface area contributed by atoms with Crippen molar-refractivity contribution in [2.45, 2.75) is 63.6 Å². The Balaban J connectivity index is 1.62. The lowest BCUT2D eigenvalue weighted by molar-refractivity contribution is -0.128. The molecule has 0 aromatic heterocycles. The smallest absolute Gasteiger partial charge is 0.240 e. The minimum absolute atomic E-state index is 0.0470. The van der Waals surface area contributed by atoms with E-state index in [0.717, 1.165) is 49.8 Å². The van der Waals surface area contributed by atoms with E-state index in [9.17, 15) is 9.59 Å². The second-order valence-electron chi connectivity index (χ2n) is 7.09. The normalized spacial score (nSPS) is 20.2. The first-order valence-corrected chi connectivity index (χ1v) is 9.00. The molecule has 0 bridgehead atoms. The van der Waals surface area contributed by atoms with Gasteiger partial charge in [-0.25, -0.2) is 0 Å². The van der Waals surface area contributed by atoms with Crippen LogP contribution in [-0.2, 0) is 22.7 Å². The molecule has 1 saturated carbocycles. The van der Waals surface area contributed by atoms with E-state index in [1.165, 1.54) is 6.42 Å². The molecule has 0 unspecified atom stereocenters. The fourth-order valence-electron chi connectivity index (χ4n) is 3.72. The van der Waals surface area contributed by atoms with Gasteiger partial charge in [-0.3, -0.25) is 9.59 Å². The van der Waals surface area contributed by atoms with Crippen molar-refractivity contribution >= 4 is 11.8 Å². The highest BCUT2D eigenvalue weighted by Crippen LogP contribution is 2.26. The van der Waals surface area contributed by atoms with E-state index in [-0.39, 0.29) is 11.8 Å². The topological polar surface area (TPSA) is 75.4 Å². The fraction of sp³-hybridized carbons (Fsp3) is 0.579. The van der Waals surface area contributed by atoms with E-state index in [1.807, 2.05) is 29.2 Å². The van der Waals surface area contributed by atoms with Crippen molar-refractivity contribution in [2.75, 3.05) is 6.54 Å². The molecule has 1 saturated heterocycles. The lowest BCUT2D eigenvalue weighted by Gasteiger charge is -2.32. The van der Waals surface area contributed by atoms with E-state index in [1.54, 1.807) is 0 Å². The van der Waals surface area contributed by atoms with E-state index < -0.39 is 5.54 Å². The number of hydrogen-bond acceptors (Lipinski definition) is 3. The van der Waals surface area contributed by atoms with E-state index in [2.05, 4.69) is 5.32 Å². The van der Waals surface area contributed by atoms with Crippen LogP contribution in [0.1, 0.15) is 56.1 Å². The Labute approximate surface area is 143 Å². The number of benzene rings is 1. The van der Waals surface area contributed by atoms with Crippen LogP contribution in [0.25, 0.3) is 0 Å². The van der Waals surface area contributed by atoms with Crippen LogP contribution in [0.5, 0.6) is 0 Å². The van der Waals surface area contributed by atoms with Crippen LogP contribution in [0.2, 0.25) is 0 Å². The molecule has 0 radical (unpaired) electrons. The molecule has 1 aliphatic carbocycles. The Bertz CT molecular complexity index is 608. The SMILES string of the molecule is NC1(C(=O)NCc2ccccc2CN2CCCC2=O)CCCCC1. The first-order chi connectivity index (χ1) is 11.6. The number of carbonyl (C=O) groups excluding carboxylic acids is 2. The quantitative estimate of drug-likeness (QED) is 0.868. The summed E-state index contributed by atoms with van der Waals surface area (Å²) in [6.45, 7) is 1.92. The summed E-state index contributed by atoms with van der Waals surface area (Å²) in [5.74, 6) is 0.172. The van der Waals surface area contributed by atoms with Gasteiger partial charge in [-0.2, -0.15) is 0 Å². The van der Waals surface area contributed by atoms with Gasteiger partial charge in [-0.05, 0) is 30.4 Å². The maximum atomic E-state index is 12.5. The number of nitrogens with one attached hydrogen (secondary N) is 1. The van der Waals surface area contributed by atoms with Gasteiger partial charge in [-0.15, -0.1) is 0 Å². The van der Waals surface area contributed by atoms with Gasteiger partial charge in [-0.1, -0.05) is 43.5 Å². The molecule has 5 nitrogen and oxygen atoms in total. The largest absolute Gasteiger partial charge is 0.350 e. The molecule has 1 heterocycles. The second kappa shape index (κ2) is 7.34. The van der Waals surface area contributed by atoms with Gasteiger partial charge in [0.15, 0.2) is 0 Å². The Morgan fingerprint density at radius 3 is 2.50 bits per heavy atom. The zero-order valence-electron chi connectivity index (χ0n) is 14.2. The highest BCUT2D eigenvalue weighted by Gasteiger charge is 2.35. The van der Waals surface area contributed by atoms with Gasteiger partial charge >= 0.3 is 0 Å². The molecule has 1 aliphatic heterocycles. The van der Waals surface area contributed by atoms with Gasteiger partial charge in [0.2, 0.25) is 11.8 Å². The molecule has 2 aliphatic rings. The maximum absolute atomic E-state index is 12.5. The highest BCUT2D eigenvalue weighted by atomic mass is 16.2. The van der Waals surface area contributed by atoms with E-state index in [4.69, 9.17) is 5.73 Å². The molecule has 130 valence electrons. The van der Waals surface area contributed by atoms with Crippen molar-refractivity contribution in [1.82, 2.24) is 10.2 Å². The molecule has 0 atom stereocenters. The van der Waals surface area contributed by atoms with Crippen molar-refractivity contribution in [3.05, 3.63) is 35.4 Å². The van der Waals surface area contributed by atoms with Crippen molar-refractivity contribution in [3.63, 3.8) is 0 Å². The number of likely N-dealkylation sites (tertiary alicyclic amines) is 1. The summed E-state index contributed by atoms with van der Waals surface area (Å²) >= 11 is 0. The molecular formula is C19H27N3O2. The molecule has 5 heteroatoms. The van der Waals surface area contributed by atoms with Crippen LogP contribution in [0.3, 0.4) is 0 Å². The molecule has 1 aromatic rings. The minimum Gasteiger partial charge on any atom is -0.350 e. The summed E-state index contributed by atoms with van der Waals surface area (Å²) in [6.07, 6.45) is 6.33. The summed E-state index contributed by atoms with van der Waals surface area (Å²) < 4.78 is 0. The molecule has 1 aromatic carbocycles. The van der Waals surface area contributed by atoms with Crippen LogP contribution in [-0.4, -0.2) is 28.8 Å². The number of amides is 2. The van der Waals surface area contributed by atoms with E-state index in [0.29, 0.717) is 19.5 Å². The van der Waals surface area contributed by atoms with Gasteiger partial charge in [0.25, 0.3) is 0 Å². The standard InChI is InChI=1S/C19H27N3O2/c20-19(10-4-1-5-11-19)18(24)21-13-15-7-2-3-8-16(15)14-22-12-6-9-17(22)23/h2-3,7-8H,1,4-6,9-14,20H2,(H,21,24). The summed E-state index contributed by atoms with van der Waals surface area (Å²) in [7, 11) is 0. The molecule has 2 amide bonds. The summed E-state index contributed by atoms with van der Waals surface area (Å²) in [5, 5.41) is 3.02. The molecular weight excluding hydrogens is 302 g/mol. The molecule has 24 heavy (non-hydrogen) atoms. The first-order valence-electron chi connectivity index (χ1n) is 9.00. The maximum Gasteiger partial charge on any atom is 0.240 e. The van der Waals surface area contributed by atoms with E-state index >= 15 is 0 Å². The van der Waals surface area contributed by atoms with Gasteiger partial charge in [0.05, 0.1) is 5.54 Å². The fourth-order valence-corrected chi connectivity index (χ4v) is 3.72. The van der Waals surface area contributed by atoms with Crippen molar-refractivity contribution in [2.24, 2.45) is 5.73 Å². The lowest BCUT2D eigenvalue weighted by Crippen LogP contribution is -2.54. The van der Waals surface area contributed by atoms with Gasteiger partial charge < -0.3 is 16.0 Å². The Morgan fingerprint density at radius 1 is 1.12 bits per heavy atom. The number of nitrogens with zero attached hydrogens (tertiary/aromatic N) is 1. The van der Waals surface area contributed by atoms with Crippen LogP contribution < -0.4 is 11.1 Å². The Morgan fingerprint density at radius 2 is 1.83 bits per heavy atom. The number of hydrogen-bond donors (Lipinski definition) is 2. The average molecular weight is 329 g/mol. The third kappa shape index (κ3) is 3.78. The highest BCUT2D eigenvalue weighted by molar-refractivity contribution is 5.86. The third-order valence-electron chi connectivity index (χ3n) is 5.29. The summed E-state index contributed by atoms with van der Waals surface area (Å²) in [4.78, 5) is 26.2. The molecule has 3 rings (SSSR count). The number of rotatable bonds is 5. The zero-order valence-corrected chi connectivity index (χ0v) is 14.2. The Hall–Kier alpha value is -1.88. The van der Waals surface area contributed by atoms with Crippen LogP contribution >= 0.6 is 0 Å². The van der Waals surface area contributed by atoms with Gasteiger partial charge in [0.1, 0.15) is 0 Å². The summed E-state index contributed by atoms with van der Waals surface area (Å²) in [5.41, 5.74) is 7.74. The van der Waals surface area contributed by atoms with Gasteiger partial charge in [0, 0.05) is 26.1 Å². The van der Waals surface area contributed by atoms with Crippen molar-refractivity contribution < 1.29 is 9.59 Å². The molecule has 0 spiro atoms. The minimum atomic E-state index is -0.710. The molecule has 2 fully saturated rings. The Kier molecular flexibility index (Phi) is 5.19.